The molecule has 0 aliphatic rings. The molecule has 2 rings (SSSR count). The Morgan fingerprint density at radius 2 is 2.23 bits per heavy atom. The number of fused-ring (bicyclic) bond motifs is 1. The lowest BCUT2D eigenvalue weighted by molar-refractivity contribution is 1.37. The molecule has 0 fully saturated rings. The normalized spacial score (nSPS) is 9.85. The molecule has 0 spiro atoms. The molecule has 1 aromatic carbocycles. The smallest absolute Gasteiger partial charge is 0.101 e. The molecule has 0 aliphatic carbocycles. The van der Waals surface area contributed by atoms with E-state index >= 15 is 0 Å². The number of hydrogen-bond acceptors (Lipinski definition) is 2. The van der Waals surface area contributed by atoms with Gasteiger partial charge in [-0.25, -0.2) is 0 Å². The van der Waals surface area contributed by atoms with Crippen molar-refractivity contribution in [2.24, 2.45) is 0 Å². The second kappa shape index (κ2) is 3.04. The molecule has 13 heavy (non-hydrogen) atoms. The van der Waals surface area contributed by atoms with Gasteiger partial charge >= 0.3 is 0 Å². The number of rotatable bonds is 0. The van der Waals surface area contributed by atoms with Crippen LogP contribution in [-0.4, -0.2) is 4.98 Å². The molecule has 2 aromatic rings. The molecule has 0 N–H and O–H groups in total. The van der Waals surface area contributed by atoms with Crippen LogP contribution >= 0.6 is 11.6 Å². The fourth-order valence-corrected chi connectivity index (χ4v) is 1.42. The van der Waals surface area contributed by atoms with Gasteiger partial charge in [-0.1, -0.05) is 23.7 Å². The van der Waals surface area contributed by atoms with Crippen molar-refractivity contribution >= 4 is 22.5 Å². The highest BCUT2D eigenvalue weighted by molar-refractivity contribution is 6.35. The maximum absolute atomic E-state index is 8.64. The number of para-hydroxylation sites is 1. The van der Waals surface area contributed by atoms with Crippen LogP contribution in [0.5, 0.6) is 0 Å². The van der Waals surface area contributed by atoms with Crippen LogP contribution in [0.3, 0.4) is 0 Å². The Labute approximate surface area is 80.4 Å². The number of hydrogen-bond donors (Lipinski definition) is 0. The summed E-state index contributed by atoms with van der Waals surface area (Å²) >= 11 is 5.91. The largest absolute Gasteiger partial charge is 0.253 e. The number of pyridine rings is 1. The SMILES string of the molecule is N#Cc1cnc2c(Cl)cccc2c1. The second-order valence-corrected chi connectivity index (χ2v) is 3.05. The van der Waals surface area contributed by atoms with Gasteiger partial charge in [0.2, 0.25) is 0 Å². The lowest BCUT2D eigenvalue weighted by Crippen LogP contribution is -1.82. The molecule has 0 atom stereocenters. The molecule has 0 unspecified atom stereocenters. The summed E-state index contributed by atoms with van der Waals surface area (Å²) in [6.45, 7) is 0. The molecule has 0 aliphatic heterocycles. The van der Waals surface area contributed by atoms with Crippen LogP contribution in [0.4, 0.5) is 0 Å². The van der Waals surface area contributed by atoms with Gasteiger partial charge in [-0.3, -0.25) is 4.98 Å². The zero-order chi connectivity index (χ0) is 9.26. The van der Waals surface area contributed by atoms with E-state index in [9.17, 15) is 0 Å². The van der Waals surface area contributed by atoms with Crippen molar-refractivity contribution in [3.05, 3.63) is 41.0 Å². The molecule has 0 saturated carbocycles. The summed E-state index contributed by atoms with van der Waals surface area (Å²) in [7, 11) is 0. The third-order valence-electron chi connectivity index (χ3n) is 1.79. The van der Waals surface area contributed by atoms with E-state index in [-0.39, 0.29) is 0 Å². The summed E-state index contributed by atoms with van der Waals surface area (Å²) in [6, 6.07) is 9.31. The highest BCUT2D eigenvalue weighted by atomic mass is 35.5. The third-order valence-corrected chi connectivity index (χ3v) is 2.10. The van der Waals surface area contributed by atoms with Gasteiger partial charge in [0.1, 0.15) is 6.07 Å². The van der Waals surface area contributed by atoms with Crippen molar-refractivity contribution in [3.8, 4) is 6.07 Å². The summed E-state index contributed by atoms with van der Waals surface area (Å²) in [6.07, 6.45) is 1.52. The summed E-state index contributed by atoms with van der Waals surface area (Å²) in [5.41, 5.74) is 1.29. The first kappa shape index (κ1) is 8.03. The standard InChI is InChI=1S/C10H5ClN2/c11-9-3-1-2-8-4-7(5-12)6-13-10(8)9/h1-4,6H. The van der Waals surface area contributed by atoms with Crippen LogP contribution in [0.1, 0.15) is 5.56 Å². The van der Waals surface area contributed by atoms with E-state index in [1.165, 1.54) is 6.20 Å². The monoisotopic (exact) mass is 188 g/mol. The fourth-order valence-electron chi connectivity index (χ4n) is 1.18. The van der Waals surface area contributed by atoms with E-state index in [0.29, 0.717) is 10.6 Å². The lowest BCUT2D eigenvalue weighted by atomic mass is 10.2. The Hall–Kier alpha value is -1.59. The van der Waals surface area contributed by atoms with Crippen molar-refractivity contribution < 1.29 is 0 Å². The molecule has 2 nitrogen and oxygen atoms in total. The van der Waals surface area contributed by atoms with Crippen LogP contribution in [0.2, 0.25) is 5.02 Å². The molecule has 62 valence electrons. The van der Waals surface area contributed by atoms with Crippen LogP contribution < -0.4 is 0 Å². The van der Waals surface area contributed by atoms with Crippen molar-refractivity contribution in [2.45, 2.75) is 0 Å². The van der Waals surface area contributed by atoms with Gasteiger partial charge in [-0.15, -0.1) is 0 Å². The minimum atomic E-state index is 0.551. The van der Waals surface area contributed by atoms with E-state index in [1.54, 1.807) is 12.1 Å². The molecule has 0 bridgehead atoms. The predicted molar refractivity (Wildman–Crippen MR) is 51.5 cm³/mol. The molecule has 0 radical (unpaired) electrons. The fraction of sp³-hybridized carbons (Fsp3) is 0. The Bertz CT molecular complexity index is 500. The molecular weight excluding hydrogens is 184 g/mol. The number of nitrogens with zero attached hydrogens (tertiary/aromatic N) is 2. The van der Waals surface area contributed by atoms with E-state index in [1.807, 2.05) is 18.2 Å². The summed E-state index contributed by atoms with van der Waals surface area (Å²) in [4.78, 5) is 4.10. The van der Waals surface area contributed by atoms with Crippen molar-refractivity contribution in [1.82, 2.24) is 4.98 Å². The van der Waals surface area contributed by atoms with Gasteiger partial charge in [0.15, 0.2) is 0 Å². The molecule has 0 saturated heterocycles. The summed E-state index contributed by atoms with van der Waals surface area (Å²) in [5, 5.41) is 10.2. The Morgan fingerprint density at radius 1 is 1.38 bits per heavy atom. The maximum atomic E-state index is 8.64. The van der Waals surface area contributed by atoms with Crippen LogP contribution in [0.15, 0.2) is 30.5 Å². The first-order valence-electron chi connectivity index (χ1n) is 3.75. The number of aromatic nitrogens is 1. The van der Waals surface area contributed by atoms with Crippen LogP contribution in [-0.2, 0) is 0 Å². The van der Waals surface area contributed by atoms with Gasteiger partial charge < -0.3 is 0 Å². The average molecular weight is 189 g/mol. The minimum Gasteiger partial charge on any atom is -0.253 e. The van der Waals surface area contributed by atoms with Crippen molar-refractivity contribution in [1.29, 1.82) is 5.26 Å². The zero-order valence-electron chi connectivity index (χ0n) is 6.66. The predicted octanol–water partition coefficient (Wildman–Crippen LogP) is 2.76. The van der Waals surface area contributed by atoms with Crippen molar-refractivity contribution in [3.63, 3.8) is 0 Å². The molecule has 1 aromatic heterocycles. The summed E-state index contributed by atoms with van der Waals surface area (Å²) < 4.78 is 0. The van der Waals surface area contributed by atoms with Gasteiger partial charge in [-0.05, 0) is 12.1 Å². The molecular formula is C10H5ClN2. The highest BCUT2D eigenvalue weighted by Gasteiger charge is 1.99. The maximum Gasteiger partial charge on any atom is 0.101 e. The quantitative estimate of drug-likeness (QED) is 0.638. The van der Waals surface area contributed by atoms with Gasteiger partial charge in [0, 0.05) is 11.6 Å². The van der Waals surface area contributed by atoms with E-state index in [2.05, 4.69) is 4.98 Å². The topological polar surface area (TPSA) is 36.7 Å². The summed E-state index contributed by atoms with van der Waals surface area (Å²) in [5.74, 6) is 0. The van der Waals surface area contributed by atoms with Gasteiger partial charge in [0.05, 0.1) is 16.1 Å². The van der Waals surface area contributed by atoms with E-state index in [0.717, 1.165) is 10.9 Å². The zero-order valence-corrected chi connectivity index (χ0v) is 7.42. The third kappa shape index (κ3) is 1.34. The second-order valence-electron chi connectivity index (χ2n) is 2.65. The number of nitriles is 1. The first-order chi connectivity index (χ1) is 6.31. The molecule has 0 amide bonds. The number of halogens is 1. The molecule has 1 heterocycles. The number of benzene rings is 1. The van der Waals surface area contributed by atoms with E-state index < -0.39 is 0 Å². The van der Waals surface area contributed by atoms with Gasteiger partial charge in [-0.2, -0.15) is 5.26 Å². The van der Waals surface area contributed by atoms with Crippen molar-refractivity contribution in [2.75, 3.05) is 0 Å². The first-order valence-corrected chi connectivity index (χ1v) is 4.13. The Kier molecular flexibility index (Phi) is 1.88. The Balaban J connectivity index is 2.82. The van der Waals surface area contributed by atoms with Gasteiger partial charge in [0.25, 0.3) is 0 Å². The molecule has 3 heteroatoms. The van der Waals surface area contributed by atoms with Crippen LogP contribution in [0.25, 0.3) is 10.9 Å². The lowest BCUT2D eigenvalue weighted by Gasteiger charge is -1.98. The minimum absolute atomic E-state index is 0.551. The highest BCUT2D eigenvalue weighted by Crippen LogP contribution is 2.21. The van der Waals surface area contributed by atoms with E-state index in [4.69, 9.17) is 16.9 Å². The average Bonchev–Trinajstić information content (AvgIpc) is 2.18. The van der Waals surface area contributed by atoms with Crippen LogP contribution in [0, 0.1) is 11.3 Å². The Morgan fingerprint density at radius 3 is 3.00 bits per heavy atom.